The predicted molar refractivity (Wildman–Crippen MR) is 60.9 cm³/mol. The molecule has 1 aliphatic heterocycles. The van der Waals surface area contributed by atoms with Crippen LogP contribution in [-0.4, -0.2) is 38.5 Å². The Balaban J connectivity index is 1.65. The van der Waals surface area contributed by atoms with E-state index in [4.69, 9.17) is 0 Å². The van der Waals surface area contributed by atoms with Gasteiger partial charge in [0.05, 0.1) is 11.5 Å². The van der Waals surface area contributed by atoms with Crippen molar-refractivity contribution in [2.24, 2.45) is 5.92 Å². The maximum absolute atomic E-state index is 11.4. The normalized spacial score (nSPS) is 28.4. The summed E-state index contributed by atoms with van der Waals surface area (Å²) in [5, 5.41) is 5.61. The average Bonchev–Trinajstić information content (AvgIpc) is 2.49. The molecule has 0 aromatic carbocycles. The van der Waals surface area contributed by atoms with E-state index in [0.29, 0.717) is 19.0 Å². The molecule has 2 amide bonds. The van der Waals surface area contributed by atoms with Gasteiger partial charge < -0.3 is 10.6 Å². The van der Waals surface area contributed by atoms with E-state index in [1.54, 1.807) is 0 Å². The lowest BCUT2D eigenvalue weighted by molar-refractivity contribution is 0.227. The van der Waals surface area contributed by atoms with Crippen LogP contribution in [0.4, 0.5) is 4.79 Å². The quantitative estimate of drug-likeness (QED) is 0.750. The van der Waals surface area contributed by atoms with E-state index in [-0.39, 0.29) is 23.5 Å². The number of sulfone groups is 1. The first-order valence-corrected chi connectivity index (χ1v) is 7.62. The number of urea groups is 1. The fraction of sp³-hybridized carbons (Fsp3) is 0.900. The molecule has 0 bridgehead atoms. The molecular weight excluding hydrogens is 228 g/mol. The van der Waals surface area contributed by atoms with Gasteiger partial charge in [-0.25, -0.2) is 13.2 Å². The van der Waals surface area contributed by atoms with E-state index in [0.717, 1.165) is 12.8 Å². The van der Waals surface area contributed by atoms with Gasteiger partial charge >= 0.3 is 6.03 Å². The Morgan fingerprint density at radius 2 is 2.00 bits per heavy atom. The highest BCUT2D eigenvalue weighted by Crippen LogP contribution is 2.18. The van der Waals surface area contributed by atoms with Crippen molar-refractivity contribution in [2.75, 3.05) is 18.1 Å². The second-order valence-electron chi connectivity index (χ2n) is 4.75. The Morgan fingerprint density at radius 3 is 2.50 bits per heavy atom. The molecule has 0 radical (unpaired) electrons. The number of hydrogen-bond donors (Lipinski definition) is 2. The summed E-state index contributed by atoms with van der Waals surface area (Å²) in [6.45, 7) is 0.470. The fourth-order valence-corrected chi connectivity index (χ4v) is 3.92. The number of carbonyl (C=O) groups excluding carboxylic acids is 1. The van der Waals surface area contributed by atoms with Crippen molar-refractivity contribution in [1.29, 1.82) is 0 Å². The highest BCUT2D eigenvalue weighted by atomic mass is 32.2. The third-order valence-corrected chi connectivity index (χ3v) is 5.16. The molecule has 1 atom stereocenters. The smallest absolute Gasteiger partial charge is 0.315 e. The third kappa shape index (κ3) is 3.10. The number of nitrogens with one attached hydrogen (secondary N) is 2. The molecule has 5 nitrogen and oxygen atoms in total. The van der Waals surface area contributed by atoms with Crippen molar-refractivity contribution in [3.05, 3.63) is 0 Å². The maximum Gasteiger partial charge on any atom is 0.315 e. The van der Waals surface area contributed by atoms with Gasteiger partial charge in [0.25, 0.3) is 0 Å². The highest BCUT2D eigenvalue weighted by Gasteiger charge is 2.28. The van der Waals surface area contributed by atoms with Crippen LogP contribution in [0.25, 0.3) is 0 Å². The summed E-state index contributed by atoms with van der Waals surface area (Å²) < 4.78 is 22.4. The minimum absolute atomic E-state index is 0.0946. The lowest BCUT2D eigenvalue weighted by atomic mass is 9.93. The van der Waals surface area contributed by atoms with E-state index in [1.807, 2.05) is 0 Å². The van der Waals surface area contributed by atoms with Crippen LogP contribution in [0, 0.1) is 5.92 Å². The maximum atomic E-state index is 11.4. The van der Waals surface area contributed by atoms with Gasteiger partial charge in [0.2, 0.25) is 0 Å². The van der Waals surface area contributed by atoms with Gasteiger partial charge in [0.15, 0.2) is 9.84 Å². The molecule has 1 saturated heterocycles. The summed E-state index contributed by atoms with van der Waals surface area (Å²) in [4.78, 5) is 11.4. The van der Waals surface area contributed by atoms with Crippen molar-refractivity contribution in [1.82, 2.24) is 10.6 Å². The van der Waals surface area contributed by atoms with E-state index in [9.17, 15) is 13.2 Å². The van der Waals surface area contributed by atoms with E-state index < -0.39 is 9.84 Å². The molecule has 1 saturated carbocycles. The fourth-order valence-electron chi connectivity index (χ4n) is 2.06. The van der Waals surface area contributed by atoms with Gasteiger partial charge in [-0.3, -0.25) is 0 Å². The van der Waals surface area contributed by atoms with Gasteiger partial charge in [-0.1, -0.05) is 0 Å². The van der Waals surface area contributed by atoms with Gasteiger partial charge in [0.1, 0.15) is 0 Å². The number of amides is 2. The Hall–Kier alpha value is -0.780. The molecule has 1 aliphatic carbocycles. The summed E-state index contributed by atoms with van der Waals surface area (Å²) in [5.74, 6) is 0.581. The summed E-state index contributed by atoms with van der Waals surface area (Å²) in [6, 6.07) is 0.168. The van der Waals surface area contributed by atoms with Crippen molar-refractivity contribution < 1.29 is 13.2 Å². The Kier molecular flexibility index (Phi) is 3.37. The standard InChI is InChI=1S/C10H18N2O3S/c13-10(12-9-2-1-3-9)11-6-8-4-5-16(14,15)7-8/h8-9H,1-7H2,(H2,11,12,13). The number of carbonyl (C=O) groups is 1. The van der Waals surface area contributed by atoms with Crippen LogP contribution in [0.5, 0.6) is 0 Å². The topological polar surface area (TPSA) is 75.3 Å². The van der Waals surface area contributed by atoms with Crippen LogP contribution in [0.1, 0.15) is 25.7 Å². The minimum Gasteiger partial charge on any atom is -0.338 e. The summed E-state index contributed by atoms with van der Waals surface area (Å²) >= 11 is 0. The first kappa shape index (κ1) is 11.7. The van der Waals surface area contributed by atoms with E-state index in [2.05, 4.69) is 10.6 Å². The zero-order chi connectivity index (χ0) is 11.6. The van der Waals surface area contributed by atoms with Crippen LogP contribution in [0.3, 0.4) is 0 Å². The average molecular weight is 246 g/mol. The third-order valence-electron chi connectivity index (χ3n) is 3.32. The van der Waals surface area contributed by atoms with Gasteiger partial charge in [0, 0.05) is 12.6 Å². The molecule has 6 heteroatoms. The van der Waals surface area contributed by atoms with Crippen molar-refractivity contribution in [3.63, 3.8) is 0 Å². The summed E-state index contributed by atoms with van der Waals surface area (Å²) in [5.41, 5.74) is 0. The molecule has 1 unspecified atom stereocenters. The SMILES string of the molecule is O=C(NCC1CCS(=O)(=O)C1)NC1CCC1. The minimum atomic E-state index is -2.83. The van der Waals surface area contributed by atoms with Crippen LogP contribution in [-0.2, 0) is 9.84 Å². The lowest BCUT2D eigenvalue weighted by Gasteiger charge is -2.26. The van der Waals surface area contributed by atoms with Crippen molar-refractivity contribution in [3.8, 4) is 0 Å². The van der Waals surface area contributed by atoms with Gasteiger partial charge in [-0.05, 0) is 31.6 Å². The predicted octanol–water partition coefficient (Wildman–Crippen LogP) is 0.273. The Labute approximate surface area is 95.9 Å². The summed E-state index contributed by atoms with van der Waals surface area (Å²) in [7, 11) is -2.83. The first-order valence-electron chi connectivity index (χ1n) is 5.80. The van der Waals surface area contributed by atoms with Gasteiger partial charge in [-0.2, -0.15) is 0 Å². The highest BCUT2D eigenvalue weighted by molar-refractivity contribution is 7.91. The second kappa shape index (κ2) is 4.61. The van der Waals surface area contributed by atoms with Crippen molar-refractivity contribution in [2.45, 2.75) is 31.7 Å². The lowest BCUT2D eigenvalue weighted by Crippen LogP contribution is -2.46. The molecule has 2 rings (SSSR count). The second-order valence-corrected chi connectivity index (χ2v) is 6.98. The zero-order valence-corrected chi connectivity index (χ0v) is 10.1. The molecule has 0 aromatic rings. The molecule has 0 spiro atoms. The number of hydrogen-bond acceptors (Lipinski definition) is 3. The van der Waals surface area contributed by atoms with Crippen molar-refractivity contribution >= 4 is 15.9 Å². The Bertz CT molecular complexity index is 362. The first-order chi connectivity index (χ1) is 7.55. The molecule has 92 valence electrons. The largest absolute Gasteiger partial charge is 0.338 e. The van der Waals surface area contributed by atoms with E-state index >= 15 is 0 Å². The molecule has 16 heavy (non-hydrogen) atoms. The monoisotopic (exact) mass is 246 g/mol. The molecule has 1 heterocycles. The molecule has 2 fully saturated rings. The molecule has 2 aliphatic rings. The van der Waals surface area contributed by atoms with Crippen LogP contribution < -0.4 is 10.6 Å². The van der Waals surface area contributed by atoms with Gasteiger partial charge in [-0.15, -0.1) is 0 Å². The van der Waals surface area contributed by atoms with Crippen LogP contribution >= 0.6 is 0 Å². The Morgan fingerprint density at radius 1 is 1.25 bits per heavy atom. The number of rotatable bonds is 3. The molecule has 2 N–H and O–H groups in total. The molecular formula is C10H18N2O3S. The molecule has 0 aromatic heterocycles. The van der Waals surface area contributed by atoms with Crippen LogP contribution in [0.15, 0.2) is 0 Å². The summed E-state index contributed by atoms with van der Waals surface area (Å²) in [6.07, 6.45) is 3.98. The van der Waals surface area contributed by atoms with Crippen LogP contribution in [0.2, 0.25) is 0 Å². The van der Waals surface area contributed by atoms with E-state index in [1.165, 1.54) is 6.42 Å². The zero-order valence-electron chi connectivity index (χ0n) is 9.24.